The van der Waals surface area contributed by atoms with Gasteiger partial charge in [0.2, 0.25) is 0 Å². The van der Waals surface area contributed by atoms with Crippen LogP contribution in [-0.4, -0.2) is 20.6 Å². The second-order valence-electron chi connectivity index (χ2n) is 4.99. The molecule has 0 bridgehead atoms. The predicted octanol–water partition coefficient (Wildman–Crippen LogP) is 3.35. The van der Waals surface area contributed by atoms with Crippen molar-refractivity contribution in [2.45, 2.75) is 6.54 Å². The second-order valence-corrected chi connectivity index (χ2v) is 5.36. The Kier molecular flexibility index (Phi) is 4.14. The molecule has 0 aliphatic heterocycles. The first-order valence-corrected chi connectivity index (χ1v) is 7.34. The van der Waals surface area contributed by atoms with Gasteiger partial charge in [0.15, 0.2) is 5.69 Å². The number of carboxylic acid groups (broad SMARTS) is 1. The summed E-state index contributed by atoms with van der Waals surface area (Å²) in [6, 6.07) is 13.0. The molecule has 23 heavy (non-hydrogen) atoms. The van der Waals surface area contributed by atoms with E-state index in [0.29, 0.717) is 17.9 Å². The Labute approximate surface area is 138 Å². The van der Waals surface area contributed by atoms with Crippen molar-refractivity contribution in [2.75, 3.05) is 0 Å². The normalized spacial score (nSPS) is 10.7. The molecule has 3 aromatic rings. The van der Waals surface area contributed by atoms with Crippen LogP contribution in [0.3, 0.4) is 0 Å². The average molecular weight is 328 g/mol. The molecule has 1 aromatic carbocycles. The van der Waals surface area contributed by atoms with E-state index in [1.54, 1.807) is 23.0 Å². The lowest BCUT2D eigenvalue weighted by atomic mass is 10.1. The maximum Gasteiger partial charge on any atom is 0.356 e. The van der Waals surface area contributed by atoms with Crippen molar-refractivity contribution >= 4 is 17.6 Å². The molecule has 0 saturated carbocycles. The smallest absolute Gasteiger partial charge is 0.356 e. The van der Waals surface area contributed by atoms with Gasteiger partial charge in [-0.3, -0.25) is 0 Å². The van der Waals surface area contributed by atoms with Crippen LogP contribution in [0, 0.1) is 0 Å². The molecule has 0 radical (unpaired) electrons. The quantitative estimate of drug-likeness (QED) is 0.770. The molecule has 0 atom stereocenters. The van der Waals surface area contributed by atoms with E-state index in [2.05, 4.69) is 4.98 Å². The van der Waals surface area contributed by atoms with E-state index in [0.717, 1.165) is 11.1 Å². The maximum atomic E-state index is 11.5. The molecule has 0 saturated heterocycles. The zero-order chi connectivity index (χ0) is 16.4. The van der Waals surface area contributed by atoms with Crippen LogP contribution in [0.5, 0.6) is 0 Å². The van der Waals surface area contributed by atoms with E-state index < -0.39 is 5.97 Å². The van der Waals surface area contributed by atoms with E-state index in [1.807, 2.05) is 36.4 Å². The standard InChI is InChI=1S/C17H14ClN3O2/c18-15-14(21-7-1-2-8-21)9-13(20-16(15)17(22)23)12-5-3-11(10-19)4-6-12/h1-9H,10,19H2,(H,22,23). The van der Waals surface area contributed by atoms with Crippen molar-refractivity contribution < 1.29 is 9.90 Å². The molecule has 0 unspecified atom stereocenters. The van der Waals surface area contributed by atoms with Crippen molar-refractivity contribution in [3.8, 4) is 16.9 Å². The van der Waals surface area contributed by atoms with E-state index in [4.69, 9.17) is 17.3 Å². The van der Waals surface area contributed by atoms with Crippen LogP contribution in [0.15, 0.2) is 54.9 Å². The molecule has 0 spiro atoms. The summed E-state index contributed by atoms with van der Waals surface area (Å²) >= 11 is 6.22. The topological polar surface area (TPSA) is 81.1 Å². The molecule has 6 heteroatoms. The summed E-state index contributed by atoms with van der Waals surface area (Å²) in [5.41, 5.74) is 8.33. The first-order valence-electron chi connectivity index (χ1n) is 6.96. The van der Waals surface area contributed by atoms with Gasteiger partial charge in [-0.1, -0.05) is 35.9 Å². The minimum absolute atomic E-state index is 0.107. The molecule has 0 amide bonds. The van der Waals surface area contributed by atoms with Crippen LogP contribution < -0.4 is 5.73 Å². The fourth-order valence-electron chi connectivity index (χ4n) is 2.30. The number of carboxylic acids is 1. The highest BCUT2D eigenvalue weighted by atomic mass is 35.5. The van der Waals surface area contributed by atoms with E-state index in [1.165, 1.54) is 0 Å². The molecule has 2 aromatic heterocycles. The minimum Gasteiger partial charge on any atom is -0.476 e. The van der Waals surface area contributed by atoms with Gasteiger partial charge in [0, 0.05) is 24.5 Å². The molecule has 5 nitrogen and oxygen atoms in total. The summed E-state index contributed by atoms with van der Waals surface area (Å²) < 4.78 is 1.76. The SMILES string of the molecule is NCc1ccc(-c2cc(-n3cccc3)c(Cl)c(C(=O)O)n2)cc1. The van der Waals surface area contributed by atoms with Gasteiger partial charge in [0.05, 0.1) is 16.4 Å². The Morgan fingerprint density at radius 3 is 2.43 bits per heavy atom. The highest BCUT2D eigenvalue weighted by Crippen LogP contribution is 2.29. The lowest BCUT2D eigenvalue weighted by Crippen LogP contribution is -2.06. The lowest BCUT2D eigenvalue weighted by molar-refractivity contribution is 0.0691. The molecule has 0 aliphatic rings. The molecule has 3 N–H and O–H groups in total. The largest absolute Gasteiger partial charge is 0.476 e. The lowest BCUT2D eigenvalue weighted by Gasteiger charge is -2.11. The summed E-state index contributed by atoms with van der Waals surface area (Å²) in [7, 11) is 0. The van der Waals surface area contributed by atoms with Crippen molar-refractivity contribution in [3.05, 3.63) is 71.1 Å². The summed E-state index contributed by atoms with van der Waals surface area (Å²) in [5, 5.41) is 9.48. The van der Waals surface area contributed by atoms with Crippen LogP contribution in [0.2, 0.25) is 5.02 Å². The number of rotatable bonds is 4. The van der Waals surface area contributed by atoms with Gasteiger partial charge in [-0.05, 0) is 23.8 Å². The first kappa shape index (κ1) is 15.3. The maximum absolute atomic E-state index is 11.5. The van der Waals surface area contributed by atoms with Gasteiger partial charge in [-0.2, -0.15) is 0 Å². The molecule has 116 valence electrons. The van der Waals surface area contributed by atoms with Gasteiger partial charge in [0.25, 0.3) is 0 Å². The number of benzene rings is 1. The van der Waals surface area contributed by atoms with Crippen LogP contribution in [0.25, 0.3) is 16.9 Å². The van der Waals surface area contributed by atoms with Crippen molar-refractivity contribution in [2.24, 2.45) is 5.73 Å². The third-order valence-electron chi connectivity index (χ3n) is 3.51. The number of hydrogen-bond acceptors (Lipinski definition) is 3. The Balaban J connectivity index is 2.18. The van der Waals surface area contributed by atoms with Crippen molar-refractivity contribution in [1.29, 1.82) is 0 Å². The molecule has 3 rings (SSSR count). The number of carbonyl (C=O) groups is 1. The summed E-state index contributed by atoms with van der Waals surface area (Å²) in [4.78, 5) is 15.6. The number of nitrogens with zero attached hydrogens (tertiary/aromatic N) is 2. The van der Waals surface area contributed by atoms with Gasteiger partial charge >= 0.3 is 5.97 Å². The van der Waals surface area contributed by atoms with E-state index >= 15 is 0 Å². The third kappa shape index (κ3) is 2.97. The first-order chi connectivity index (χ1) is 11.1. The predicted molar refractivity (Wildman–Crippen MR) is 88.9 cm³/mol. The average Bonchev–Trinajstić information content (AvgIpc) is 3.09. The minimum atomic E-state index is -1.16. The number of nitrogens with two attached hydrogens (primary N) is 1. The van der Waals surface area contributed by atoms with Crippen molar-refractivity contribution in [3.63, 3.8) is 0 Å². The summed E-state index contributed by atoms with van der Waals surface area (Å²) in [6.07, 6.45) is 3.60. The van der Waals surface area contributed by atoms with Gasteiger partial charge in [-0.15, -0.1) is 0 Å². The van der Waals surface area contributed by atoms with E-state index in [-0.39, 0.29) is 10.7 Å². The number of aromatic carboxylic acids is 1. The van der Waals surface area contributed by atoms with Crippen LogP contribution in [0.4, 0.5) is 0 Å². The molecule has 0 aliphatic carbocycles. The molecular formula is C17H14ClN3O2. The zero-order valence-corrected chi connectivity index (χ0v) is 12.9. The zero-order valence-electron chi connectivity index (χ0n) is 12.1. The molecular weight excluding hydrogens is 314 g/mol. The van der Waals surface area contributed by atoms with E-state index in [9.17, 15) is 9.90 Å². The number of halogens is 1. The van der Waals surface area contributed by atoms with Crippen molar-refractivity contribution in [1.82, 2.24) is 9.55 Å². The highest BCUT2D eigenvalue weighted by molar-refractivity contribution is 6.35. The Bertz CT molecular complexity index is 843. The second kappa shape index (κ2) is 6.24. The number of hydrogen-bond donors (Lipinski definition) is 2. The molecule has 2 heterocycles. The van der Waals surface area contributed by atoms with Crippen LogP contribution >= 0.6 is 11.6 Å². The summed E-state index contributed by atoms with van der Waals surface area (Å²) in [5.74, 6) is -1.16. The number of aromatic nitrogens is 2. The fraction of sp³-hybridized carbons (Fsp3) is 0.0588. The summed E-state index contributed by atoms with van der Waals surface area (Å²) in [6.45, 7) is 0.448. The Morgan fingerprint density at radius 1 is 1.22 bits per heavy atom. The number of pyridine rings is 1. The highest BCUT2D eigenvalue weighted by Gasteiger charge is 2.18. The van der Waals surface area contributed by atoms with Crippen LogP contribution in [-0.2, 0) is 6.54 Å². The van der Waals surface area contributed by atoms with Gasteiger partial charge in [0.1, 0.15) is 0 Å². The van der Waals surface area contributed by atoms with Gasteiger partial charge < -0.3 is 15.4 Å². The molecule has 0 fully saturated rings. The van der Waals surface area contributed by atoms with Gasteiger partial charge in [-0.25, -0.2) is 9.78 Å². The van der Waals surface area contributed by atoms with Crippen LogP contribution in [0.1, 0.15) is 16.1 Å². The Hall–Kier alpha value is -2.63. The third-order valence-corrected chi connectivity index (χ3v) is 3.88. The fourth-order valence-corrected chi connectivity index (χ4v) is 2.58. The Morgan fingerprint density at radius 2 is 1.87 bits per heavy atom. The monoisotopic (exact) mass is 327 g/mol.